The van der Waals surface area contributed by atoms with Gasteiger partial charge in [0.2, 0.25) is 0 Å². The van der Waals surface area contributed by atoms with Crippen LogP contribution in [0.1, 0.15) is 5.56 Å². The fourth-order valence-corrected chi connectivity index (χ4v) is 1.90. The SMILES string of the molecule is O=C(NCCc1ccccc1Cl)N(CCO)CCO. The highest BCUT2D eigenvalue weighted by Crippen LogP contribution is 2.14. The normalized spacial score (nSPS) is 10.3. The Morgan fingerprint density at radius 1 is 1.21 bits per heavy atom. The van der Waals surface area contributed by atoms with E-state index in [1.807, 2.05) is 24.3 Å². The summed E-state index contributed by atoms with van der Waals surface area (Å²) in [5.74, 6) is 0. The Morgan fingerprint density at radius 3 is 2.42 bits per heavy atom. The molecule has 1 aromatic rings. The number of nitrogens with one attached hydrogen (secondary N) is 1. The molecule has 5 nitrogen and oxygen atoms in total. The van der Waals surface area contributed by atoms with Gasteiger partial charge in [0, 0.05) is 24.7 Å². The van der Waals surface area contributed by atoms with E-state index in [2.05, 4.69) is 5.32 Å². The zero-order valence-electron chi connectivity index (χ0n) is 10.7. The zero-order valence-corrected chi connectivity index (χ0v) is 11.4. The Balaban J connectivity index is 2.39. The number of carbonyl (C=O) groups is 1. The lowest BCUT2D eigenvalue weighted by molar-refractivity contribution is 0.158. The van der Waals surface area contributed by atoms with Gasteiger partial charge in [0.05, 0.1) is 13.2 Å². The first kappa shape index (κ1) is 15.8. The number of hydrogen-bond acceptors (Lipinski definition) is 3. The van der Waals surface area contributed by atoms with Crippen molar-refractivity contribution in [2.75, 3.05) is 32.8 Å². The molecule has 106 valence electrons. The minimum atomic E-state index is -0.296. The molecule has 19 heavy (non-hydrogen) atoms. The molecule has 0 fully saturated rings. The molecule has 0 heterocycles. The Kier molecular flexibility index (Phi) is 7.25. The average molecular weight is 287 g/mol. The summed E-state index contributed by atoms with van der Waals surface area (Å²) in [6.07, 6.45) is 0.636. The number of amides is 2. The monoisotopic (exact) mass is 286 g/mol. The molecule has 0 atom stereocenters. The third-order valence-corrected chi connectivity index (χ3v) is 3.02. The lowest BCUT2D eigenvalue weighted by atomic mass is 10.1. The molecule has 6 heteroatoms. The summed E-state index contributed by atoms with van der Waals surface area (Å²) in [5.41, 5.74) is 0.973. The second-order valence-corrected chi connectivity index (χ2v) is 4.41. The van der Waals surface area contributed by atoms with Crippen LogP contribution in [0.4, 0.5) is 4.79 Å². The predicted octanol–water partition coefficient (Wildman–Crippen LogP) is 0.879. The van der Waals surface area contributed by atoms with E-state index in [9.17, 15) is 4.79 Å². The van der Waals surface area contributed by atoms with Gasteiger partial charge in [-0.1, -0.05) is 29.8 Å². The number of aliphatic hydroxyl groups is 2. The molecular weight excluding hydrogens is 268 g/mol. The molecule has 0 unspecified atom stereocenters. The van der Waals surface area contributed by atoms with E-state index in [1.54, 1.807) is 0 Å². The first-order valence-electron chi connectivity index (χ1n) is 6.17. The van der Waals surface area contributed by atoms with Gasteiger partial charge in [0.1, 0.15) is 0 Å². The summed E-state index contributed by atoms with van der Waals surface area (Å²) in [6, 6.07) is 7.17. The smallest absolute Gasteiger partial charge is 0.317 e. The molecule has 1 rings (SSSR count). The van der Waals surface area contributed by atoms with E-state index in [-0.39, 0.29) is 32.3 Å². The van der Waals surface area contributed by atoms with E-state index in [4.69, 9.17) is 21.8 Å². The van der Waals surface area contributed by atoms with Crippen molar-refractivity contribution in [3.8, 4) is 0 Å². The van der Waals surface area contributed by atoms with Crippen LogP contribution in [0, 0.1) is 0 Å². The summed E-state index contributed by atoms with van der Waals surface area (Å²) in [7, 11) is 0. The van der Waals surface area contributed by atoms with E-state index in [0.717, 1.165) is 5.56 Å². The Hall–Kier alpha value is -1.30. The van der Waals surface area contributed by atoms with Gasteiger partial charge in [0.25, 0.3) is 0 Å². The summed E-state index contributed by atoms with van der Waals surface area (Å²) in [5, 5.41) is 21.1. The van der Waals surface area contributed by atoms with Gasteiger partial charge in [-0.25, -0.2) is 4.79 Å². The topological polar surface area (TPSA) is 72.8 Å². The molecule has 0 aliphatic rings. The van der Waals surface area contributed by atoms with Gasteiger partial charge < -0.3 is 20.4 Å². The molecule has 3 N–H and O–H groups in total. The predicted molar refractivity (Wildman–Crippen MR) is 74.3 cm³/mol. The minimum Gasteiger partial charge on any atom is -0.395 e. The van der Waals surface area contributed by atoms with Crippen LogP contribution < -0.4 is 5.32 Å². The van der Waals surface area contributed by atoms with Gasteiger partial charge in [0.15, 0.2) is 0 Å². The number of nitrogens with zero attached hydrogens (tertiary/aromatic N) is 1. The lowest BCUT2D eigenvalue weighted by Crippen LogP contribution is -2.43. The second-order valence-electron chi connectivity index (χ2n) is 4.01. The molecule has 0 bridgehead atoms. The van der Waals surface area contributed by atoms with E-state index in [1.165, 1.54) is 4.90 Å². The first-order valence-corrected chi connectivity index (χ1v) is 6.54. The summed E-state index contributed by atoms with van der Waals surface area (Å²) >= 11 is 6.01. The number of carbonyl (C=O) groups excluding carboxylic acids is 1. The highest BCUT2D eigenvalue weighted by Gasteiger charge is 2.11. The average Bonchev–Trinajstić information content (AvgIpc) is 2.40. The molecule has 0 radical (unpaired) electrons. The van der Waals surface area contributed by atoms with Crippen molar-refractivity contribution < 1.29 is 15.0 Å². The van der Waals surface area contributed by atoms with Crippen molar-refractivity contribution in [1.82, 2.24) is 10.2 Å². The largest absolute Gasteiger partial charge is 0.395 e. The van der Waals surface area contributed by atoms with Crippen LogP contribution in [0.3, 0.4) is 0 Å². The van der Waals surface area contributed by atoms with Crippen molar-refractivity contribution in [2.24, 2.45) is 0 Å². The van der Waals surface area contributed by atoms with Crippen LogP contribution in [0.25, 0.3) is 0 Å². The van der Waals surface area contributed by atoms with Crippen molar-refractivity contribution in [3.63, 3.8) is 0 Å². The van der Waals surface area contributed by atoms with Crippen molar-refractivity contribution in [1.29, 1.82) is 0 Å². The van der Waals surface area contributed by atoms with Crippen LogP contribution >= 0.6 is 11.6 Å². The fourth-order valence-electron chi connectivity index (χ4n) is 1.67. The minimum absolute atomic E-state index is 0.127. The van der Waals surface area contributed by atoms with Crippen LogP contribution in [0.2, 0.25) is 5.02 Å². The quantitative estimate of drug-likeness (QED) is 0.697. The van der Waals surface area contributed by atoms with Gasteiger partial charge >= 0.3 is 6.03 Å². The maximum absolute atomic E-state index is 11.8. The molecule has 0 aliphatic carbocycles. The van der Waals surface area contributed by atoms with Crippen LogP contribution in [-0.2, 0) is 6.42 Å². The van der Waals surface area contributed by atoms with E-state index >= 15 is 0 Å². The molecule has 0 saturated heterocycles. The van der Waals surface area contributed by atoms with E-state index in [0.29, 0.717) is 18.0 Å². The van der Waals surface area contributed by atoms with Crippen molar-refractivity contribution in [3.05, 3.63) is 34.9 Å². The third-order valence-electron chi connectivity index (χ3n) is 2.66. The lowest BCUT2D eigenvalue weighted by Gasteiger charge is -2.21. The molecule has 0 aliphatic heterocycles. The number of benzene rings is 1. The standard InChI is InChI=1S/C13H19ClN2O3/c14-12-4-2-1-3-11(12)5-6-15-13(19)16(7-9-17)8-10-18/h1-4,17-18H,5-10H2,(H,15,19). The zero-order chi connectivity index (χ0) is 14.1. The molecular formula is C13H19ClN2O3. The summed E-state index contributed by atoms with van der Waals surface area (Å²) in [6.45, 7) is 0.614. The highest BCUT2D eigenvalue weighted by molar-refractivity contribution is 6.31. The fraction of sp³-hybridized carbons (Fsp3) is 0.462. The first-order chi connectivity index (χ1) is 9.19. The highest BCUT2D eigenvalue weighted by atomic mass is 35.5. The number of halogens is 1. The van der Waals surface area contributed by atoms with E-state index < -0.39 is 0 Å². The Labute approximate surface area is 117 Å². The maximum Gasteiger partial charge on any atom is 0.317 e. The van der Waals surface area contributed by atoms with Crippen molar-refractivity contribution >= 4 is 17.6 Å². The number of urea groups is 1. The molecule has 2 amide bonds. The number of rotatable bonds is 7. The Morgan fingerprint density at radius 2 is 1.84 bits per heavy atom. The molecule has 0 saturated carbocycles. The second kappa shape index (κ2) is 8.74. The van der Waals surface area contributed by atoms with Crippen molar-refractivity contribution in [2.45, 2.75) is 6.42 Å². The van der Waals surface area contributed by atoms with Gasteiger partial charge in [-0.3, -0.25) is 0 Å². The molecule has 0 spiro atoms. The van der Waals surface area contributed by atoms with Crippen LogP contribution in [0.5, 0.6) is 0 Å². The van der Waals surface area contributed by atoms with Crippen LogP contribution in [0.15, 0.2) is 24.3 Å². The number of hydrogen-bond donors (Lipinski definition) is 3. The Bertz CT molecular complexity index is 395. The maximum atomic E-state index is 11.8. The van der Waals surface area contributed by atoms with Gasteiger partial charge in [-0.2, -0.15) is 0 Å². The summed E-state index contributed by atoms with van der Waals surface area (Å²) in [4.78, 5) is 13.1. The number of aliphatic hydroxyl groups excluding tert-OH is 2. The summed E-state index contributed by atoms with van der Waals surface area (Å²) < 4.78 is 0. The third kappa shape index (κ3) is 5.46. The molecule has 0 aromatic heterocycles. The van der Waals surface area contributed by atoms with Gasteiger partial charge in [-0.05, 0) is 18.1 Å². The van der Waals surface area contributed by atoms with Gasteiger partial charge in [-0.15, -0.1) is 0 Å². The molecule has 1 aromatic carbocycles. The van der Waals surface area contributed by atoms with Crippen LogP contribution in [-0.4, -0.2) is 54.0 Å².